The number of carbonyl (C=O) groups is 1. The van der Waals surface area contributed by atoms with Gasteiger partial charge in [0.25, 0.3) is 0 Å². The minimum atomic E-state index is -1.84. The molecular weight excluding hydrogens is 428 g/mol. The summed E-state index contributed by atoms with van der Waals surface area (Å²) >= 11 is 0. The van der Waals surface area contributed by atoms with E-state index in [2.05, 4.69) is 0 Å². The van der Waals surface area contributed by atoms with Crippen molar-refractivity contribution in [2.45, 2.75) is 30.5 Å². The van der Waals surface area contributed by atoms with Crippen LogP contribution >= 0.6 is 0 Å². The molecule has 1 saturated heterocycles. The second kappa shape index (κ2) is 9.18. The second-order valence-corrected chi connectivity index (χ2v) is 7.20. The molecule has 0 saturated carbocycles. The minimum Gasteiger partial charge on any atom is -0.507 e. The molecule has 0 aromatic heterocycles. The third kappa shape index (κ3) is 3.92. The molecule has 7 N–H and O–H groups in total. The van der Waals surface area contributed by atoms with Crippen molar-refractivity contribution in [1.82, 2.24) is 0 Å². The zero-order valence-corrected chi connectivity index (χ0v) is 17.2. The van der Waals surface area contributed by atoms with E-state index in [-0.39, 0.29) is 11.3 Å². The number of phenolic OH excluding ortho intramolecular Hbond substituents is 3. The van der Waals surface area contributed by atoms with Gasteiger partial charge >= 0.3 is 0 Å². The van der Waals surface area contributed by atoms with Gasteiger partial charge in [0.2, 0.25) is 5.78 Å². The standard InChI is InChI=1S/C21H24O11/c1-30-11-4-3-8(5-12(11)31-2)16(25)14-9(23)6-10(24)15(18(14)27)21-20(29)19(28)17(26)13(7-22)32-21/h3-6,13,17,19-24,26-29H,7H2,1-2H3. The summed E-state index contributed by atoms with van der Waals surface area (Å²) in [5, 5.41) is 71.1. The van der Waals surface area contributed by atoms with E-state index < -0.39 is 71.3 Å². The van der Waals surface area contributed by atoms with Gasteiger partial charge < -0.3 is 50.0 Å². The predicted octanol–water partition coefficient (Wildman–Crippen LogP) is -0.433. The summed E-state index contributed by atoms with van der Waals surface area (Å²) in [6.45, 7) is -0.738. The molecule has 1 fully saturated rings. The molecule has 2 aromatic rings. The summed E-state index contributed by atoms with van der Waals surface area (Å²) in [5.41, 5.74) is -1.12. The normalized spacial score (nSPS) is 25.4. The molecule has 1 heterocycles. The third-order valence-electron chi connectivity index (χ3n) is 5.35. The van der Waals surface area contributed by atoms with Gasteiger partial charge in [-0.25, -0.2) is 0 Å². The Morgan fingerprint density at radius 2 is 1.59 bits per heavy atom. The Bertz CT molecular complexity index is 1000. The number of hydrogen-bond donors (Lipinski definition) is 7. The van der Waals surface area contributed by atoms with Gasteiger partial charge in [-0.15, -0.1) is 0 Å². The Kier molecular flexibility index (Phi) is 6.77. The molecule has 0 spiro atoms. The number of hydrogen-bond acceptors (Lipinski definition) is 11. The summed E-state index contributed by atoms with van der Waals surface area (Å²) in [7, 11) is 2.77. The van der Waals surface area contributed by atoms with E-state index in [1.54, 1.807) is 0 Å². The number of aliphatic hydroxyl groups excluding tert-OH is 4. The molecule has 0 radical (unpaired) electrons. The highest BCUT2D eigenvalue weighted by Gasteiger charge is 2.46. The van der Waals surface area contributed by atoms with Crippen LogP contribution < -0.4 is 9.47 Å². The number of carbonyl (C=O) groups excluding carboxylic acids is 1. The van der Waals surface area contributed by atoms with Crippen LogP contribution in [0.25, 0.3) is 0 Å². The molecule has 5 atom stereocenters. The van der Waals surface area contributed by atoms with Gasteiger partial charge in [0.1, 0.15) is 53.3 Å². The number of phenols is 3. The molecule has 32 heavy (non-hydrogen) atoms. The first kappa shape index (κ1) is 23.6. The molecule has 11 heteroatoms. The zero-order valence-electron chi connectivity index (χ0n) is 17.2. The van der Waals surface area contributed by atoms with Gasteiger partial charge in [-0.1, -0.05) is 0 Å². The molecular formula is C21H24O11. The zero-order chi connectivity index (χ0) is 23.7. The van der Waals surface area contributed by atoms with Crippen LogP contribution in [-0.2, 0) is 4.74 Å². The van der Waals surface area contributed by atoms with E-state index in [0.29, 0.717) is 5.75 Å². The van der Waals surface area contributed by atoms with Gasteiger partial charge in [-0.2, -0.15) is 0 Å². The number of aliphatic hydroxyl groups is 4. The highest BCUT2D eigenvalue weighted by Crippen LogP contribution is 2.46. The lowest BCUT2D eigenvalue weighted by Crippen LogP contribution is -2.55. The number of methoxy groups -OCH3 is 2. The van der Waals surface area contributed by atoms with Crippen molar-refractivity contribution in [3.05, 3.63) is 41.0 Å². The first-order chi connectivity index (χ1) is 15.2. The van der Waals surface area contributed by atoms with Crippen molar-refractivity contribution in [3.8, 4) is 28.7 Å². The van der Waals surface area contributed by atoms with Crippen molar-refractivity contribution >= 4 is 5.78 Å². The Morgan fingerprint density at radius 1 is 0.938 bits per heavy atom. The molecule has 0 amide bonds. The SMILES string of the molecule is COc1ccc(C(=O)c2c(O)cc(O)c(C3OC(CO)C(O)C(O)C3O)c2O)cc1OC. The van der Waals surface area contributed by atoms with E-state index in [1.165, 1.54) is 32.4 Å². The molecule has 11 nitrogen and oxygen atoms in total. The van der Waals surface area contributed by atoms with Crippen LogP contribution in [0.15, 0.2) is 24.3 Å². The van der Waals surface area contributed by atoms with Crippen molar-refractivity contribution in [3.63, 3.8) is 0 Å². The smallest absolute Gasteiger partial charge is 0.200 e. The summed E-state index contributed by atoms with van der Waals surface area (Å²) in [4.78, 5) is 13.1. The fourth-order valence-corrected chi connectivity index (χ4v) is 3.62. The quantitative estimate of drug-likeness (QED) is 0.282. The summed E-state index contributed by atoms with van der Waals surface area (Å²) in [5.74, 6) is -2.71. The lowest BCUT2D eigenvalue weighted by atomic mass is 9.88. The van der Waals surface area contributed by atoms with Crippen molar-refractivity contribution in [1.29, 1.82) is 0 Å². The molecule has 0 aliphatic carbocycles. The highest BCUT2D eigenvalue weighted by atomic mass is 16.5. The molecule has 3 rings (SSSR count). The first-order valence-corrected chi connectivity index (χ1v) is 9.51. The van der Waals surface area contributed by atoms with E-state index in [1.807, 2.05) is 0 Å². The van der Waals surface area contributed by atoms with Gasteiger partial charge in [0.15, 0.2) is 11.5 Å². The van der Waals surface area contributed by atoms with E-state index in [0.717, 1.165) is 6.07 Å². The van der Waals surface area contributed by atoms with E-state index in [9.17, 15) is 40.5 Å². The number of rotatable bonds is 6. The summed E-state index contributed by atoms with van der Waals surface area (Å²) in [6, 6.07) is 4.90. The largest absolute Gasteiger partial charge is 0.507 e. The molecule has 1 aliphatic heterocycles. The highest BCUT2D eigenvalue weighted by molar-refractivity contribution is 6.13. The lowest BCUT2D eigenvalue weighted by molar-refractivity contribution is -0.232. The fraction of sp³-hybridized carbons (Fsp3) is 0.381. The Hall–Kier alpha value is -3.09. The Labute approximate surface area is 182 Å². The molecule has 2 aromatic carbocycles. The van der Waals surface area contributed by atoms with Crippen LogP contribution in [0, 0.1) is 0 Å². The maximum absolute atomic E-state index is 13.1. The van der Waals surface area contributed by atoms with Gasteiger partial charge in [-0.05, 0) is 18.2 Å². The lowest BCUT2D eigenvalue weighted by Gasteiger charge is -2.40. The average molecular weight is 452 g/mol. The van der Waals surface area contributed by atoms with E-state index >= 15 is 0 Å². The monoisotopic (exact) mass is 452 g/mol. The molecule has 5 unspecified atom stereocenters. The van der Waals surface area contributed by atoms with Crippen molar-refractivity contribution in [2.75, 3.05) is 20.8 Å². The van der Waals surface area contributed by atoms with E-state index in [4.69, 9.17) is 14.2 Å². The Balaban J connectivity index is 2.10. The number of aromatic hydroxyl groups is 3. The maximum Gasteiger partial charge on any atom is 0.200 e. The third-order valence-corrected chi connectivity index (χ3v) is 5.35. The molecule has 174 valence electrons. The van der Waals surface area contributed by atoms with Crippen LogP contribution in [0.5, 0.6) is 28.7 Å². The fourth-order valence-electron chi connectivity index (χ4n) is 3.62. The van der Waals surface area contributed by atoms with Crippen LogP contribution in [0.3, 0.4) is 0 Å². The topological polar surface area (TPSA) is 186 Å². The van der Waals surface area contributed by atoms with Crippen LogP contribution in [0.1, 0.15) is 27.6 Å². The summed E-state index contributed by atoms with van der Waals surface area (Å²) in [6.07, 6.45) is -8.25. The van der Waals surface area contributed by atoms with Crippen LogP contribution in [0.4, 0.5) is 0 Å². The van der Waals surface area contributed by atoms with Gasteiger partial charge in [-0.3, -0.25) is 4.79 Å². The second-order valence-electron chi connectivity index (χ2n) is 7.20. The number of ether oxygens (including phenoxy) is 3. The summed E-state index contributed by atoms with van der Waals surface area (Å²) < 4.78 is 15.6. The van der Waals surface area contributed by atoms with Crippen LogP contribution in [-0.4, -0.2) is 86.8 Å². The average Bonchev–Trinajstić information content (AvgIpc) is 2.77. The van der Waals surface area contributed by atoms with Gasteiger partial charge in [0, 0.05) is 11.6 Å². The first-order valence-electron chi connectivity index (χ1n) is 9.51. The number of benzene rings is 2. The Morgan fingerprint density at radius 3 is 2.19 bits per heavy atom. The molecule has 0 bridgehead atoms. The minimum absolute atomic E-state index is 0.00121. The van der Waals surface area contributed by atoms with Crippen LogP contribution in [0.2, 0.25) is 0 Å². The predicted molar refractivity (Wildman–Crippen MR) is 107 cm³/mol. The number of ketones is 1. The van der Waals surface area contributed by atoms with Gasteiger partial charge in [0.05, 0.1) is 26.4 Å². The molecule has 1 aliphatic rings. The van der Waals surface area contributed by atoms with Crippen molar-refractivity contribution < 1.29 is 54.8 Å². The van der Waals surface area contributed by atoms with Crippen molar-refractivity contribution in [2.24, 2.45) is 0 Å². The maximum atomic E-state index is 13.1.